The van der Waals surface area contributed by atoms with Crippen LogP contribution in [0.4, 0.5) is 0 Å². The van der Waals surface area contributed by atoms with Gasteiger partial charge in [-0.1, -0.05) is 43.1 Å². The lowest BCUT2D eigenvalue weighted by Crippen LogP contribution is -2.27. The van der Waals surface area contributed by atoms with E-state index in [2.05, 4.69) is 42.0 Å². The molecule has 0 radical (unpaired) electrons. The van der Waals surface area contributed by atoms with Gasteiger partial charge in [-0.05, 0) is 36.9 Å². The highest BCUT2D eigenvalue weighted by atomic mass is 79.9. The molecule has 0 aromatic heterocycles. The third-order valence-corrected chi connectivity index (χ3v) is 4.06. The van der Waals surface area contributed by atoms with E-state index in [1.165, 1.54) is 12.8 Å². The molecule has 1 heterocycles. The molecule has 100 valence electrons. The Balaban J connectivity index is 2.44. The van der Waals surface area contributed by atoms with Crippen LogP contribution in [0.2, 0.25) is 0 Å². The maximum atomic E-state index is 10.5. The first-order valence-electron chi connectivity index (χ1n) is 6.66. The van der Waals surface area contributed by atoms with Gasteiger partial charge in [-0.15, -0.1) is 0 Å². The maximum Gasteiger partial charge on any atom is 0.124 e. The van der Waals surface area contributed by atoms with Gasteiger partial charge in [0.05, 0.1) is 0 Å². The number of hydrogen-bond donors (Lipinski definition) is 2. The number of halogens is 1. The average Bonchev–Trinajstić information content (AvgIpc) is 2.31. The quantitative estimate of drug-likeness (QED) is 0.812. The van der Waals surface area contributed by atoms with Gasteiger partial charge in [0.2, 0.25) is 0 Å². The molecule has 1 aliphatic heterocycles. The van der Waals surface area contributed by atoms with Crippen LogP contribution in [0, 0.1) is 0 Å². The van der Waals surface area contributed by atoms with Crippen molar-refractivity contribution in [3.05, 3.63) is 27.7 Å². The molecule has 1 atom stereocenters. The van der Waals surface area contributed by atoms with Gasteiger partial charge in [-0.2, -0.15) is 0 Å². The smallest absolute Gasteiger partial charge is 0.124 e. The van der Waals surface area contributed by atoms with Crippen LogP contribution in [0.3, 0.4) is 0 Å². The normalized spacial score (nSPS) is 21.0. The second-order valence-corrected chi connectivity index (χ2v) is 7.06. The van der Waals surface area contributed by atoms with Gasteiger partial charge in [-0.3, -0.25) is 0 Å². The molecular formula is C15H22BrNO. The number of piperidine rings is 1. The zero-order valence-electron chi connectivity index (χ0n) is 11.4. The van der Waals surface area contributed by atoms with Crippen LogP contribution in [-0.4, -0.2) is 11.7 Å². The van der Waals surface area contributed by atoms with Crippen molar-refractivity contribution in [3.8, 4) is 5.75 Å². The van der Waals surface area contributed by atoms with Crippen molar-refractivity contribution in [1.29, 1.82) is 0 Å². The molecule has 18 heavy (non-hydrogen) atoms. The second-order valence-electron chi connectivity index (χ2n) is 6.14. The van der Waals surface area contributed by atoms with Crippen molar-refractivity contribution in [2.24, 2.45) is 0 Å². The molecule has 1 saturated heterocycles. The van der Waals surface area contributed by atoms with Gasteiger partial charge in [0.15, 0.2) is 0 Å². The molecule has 2 N–H and O–H groups in total. The van der Waals surface area contributed by atoms with Gasteiger partial charge in [0.25, 0.3) is 0 Å². The summed E-state index contributed by atoms with van der Waals surface area (Å²) in [7, 11) is 0. The number of aromatic hydroxyl groups is 1. The Morgan fingerprint density at radius 2 is 2.00 bits per heavy atom. The van der Waals surface area contributed by atoms with E-state index in [-0.39, 0.29) is 11.5 Å². The minimum absolute atomic E-state index is 0.0444. The number of phenolic OH excluding ortho intramolecular Hbond substituents is 1. The molecule has 1 fully saturated rings. The monoisotopic (exact) mass is 311 g/mol. The van der Waals surface area contributed by atoms with Crippen molar-refractivity contribution in [2.75, 3.05) is 6.54 Å². The lowest BCUT2D eigenvalue weighted by atomic mass is 9.83. The highest BCUT2D eigenvalue weighted by Gasteiger charge is 2.25. The van der Waals surface area contributed by atoms with Gasteiger partial charge in [-0.25, -0.2) is 0 Å². The summed E-state index contributed by atoms with van der Waals surface area (Å²) in [6, 6.07) is 4.37. The van der Waals surface area contributed by atoms with Crippen LogP contribution in [0.25, 0.3) is 0 Å². The Labute approximate surface area is 118 Å². The lowest BCUT2D eigenvalue weighted by Gasteiger charge is -2.28. The van der Waals surface area contributed by atoms with Crippen molar-refractivity contribution in [3.63, 3.8) is 0 Å². The average molecular weight is 312 g/mol. The summed E-state index contributed by atoms with van der Waals surface area (Å²) in [5.74, 6) is 0.463. The first kappa shape index (κ1) is 13.9. The topological polar surface area (TPSA) is 32.3 Å². The summed E-state index contributed by atoms with van der Waals surface area (Å²) in [6.07, 6.45) is 3.57. The SMILES string of the molecule is CC(C)(C)c1cc(Br)cc(C2CCCCN2)c1O. The largest absolute Gasteiger partial charge is 0.507 e. The van der Waals surface area contributed by atoms with E-state index < -0.39 is 0 Å². The van der Waals surface area contributed by atoms with Gasteiger partial charge in [0.1, 0.15) is 5.75 Å². The minimum atomic E-state index is -0.0444. The van der Waals surface area contributed by atoms with Crippen LogP contribution in [0.1, 0.15) is 57.2 Å². The fourth-order valence-corrected chi connectivity index (χ4v) is 3.05. The molecule has 1 aromatic carbocycles. The molecule has 3 heteroatoms. The van der Waals surface area contributed by atoms with Crippen LogP contribution >= 0.6 is 15.9 Å². The molecule has 1 unspecified atom stereocenters. The number of phenols is 1. The maximum absolute atomic E-state index is 10.5. The van der Waals surface area contributed by atoms with Gasteiger partial charge < -0.3 is 10.4 Å². The van der Waals surface area contributed by atoms with Crippen molar-refractivity contribution in [1.82, 2.24) is 5.32 Å². The number of rotatable bonds is 1. The molecule has 1 aromatic rings. The van der Waals surface area contributed by atoms with Crippen molar-refractivity contribution < 1.29 is 5.11 Å². The molecule has 0 spiro atoms. The standard InChI is InChI=1S/C15H22BrNO/c1-15(2,3)12-9-10(16)8-11(14(12)18)13-6-4-5-7-17-13/h8-9,13,17-18H,4-7H2,1-3H3. The third-order valence-electron chi connectivity index (χ3n) is 3.60. The highest BCUT2D eigenvalue weighted by molar-refractivity contribution is 9.10. The molecule has 0 aliphatic carbocycles. The lowest BCUT2D eigenvalue weighted by molar-refractivity contribution is 0.383. The molecule has 0 amide bonds. The Morgan fingerprint density at radius 1 is 1.28 bits per heavy atom. The van der Waals surface area contributed by atoms with E-state index in [0.717, 1.165) is 28.6 Å². The first-order valence-corrected chi connectivity index (χ1v) is 7.45. The zero-order valence-corrected chi connectivity index (χ0v) is 13.0. The molecular weight excluding hydrogens is 290 g/mol. The summed E-state index contributed by atoms with van der Waals surface area (Å²) < 4.78 is 1.05. The molecule has 1 aliphatic rings. The van der Waals surface area contributed by atoms with E-state index in [0.29, 0.717) is 5.75 Å². The fraction of sp³-hybridized carbons (Fsp3) is 0.600. The summed E-state index contributed by atoms with van der Waals surface area (Å²) in [4.78, 5) is 0. The van der Waals surface area contributed by atoms with Crippen molar-refractivity contribution >= 4 is 15.9 Å². The van der Waals surface area contributed by atoms with Crippen LogP contribution < -0.4 is 5.32 Å². The van der Waals surface area contributed by atoms with Crippen molar-refractivity contribution in [2.45, 2.75) is 51.5 Å². The first-order chi connectivity index (χ1) is 8.39. The van der Waals surface area contributed by atoms with Crippen LogP contribution in [0.5, 0.6) is 5.75 Å². The van der Waals surface area contributed by atoms with Gasteiger partial charge >= 0.3 is 0 Å². The van der Waals surface area contributed by atoms with E-state index in [4.69, 9.17) is 0 Å². The third kappa shape index (κ3) is 2.89. The van der Waals surface area contributed by atoms with E-state index in [9.17, 15) is 5.11 Å². The van der Waals surface area contributed by atoms with Gasteiger partial charge in [0, 0.05) is 21.6 Å². The Morgan fingerprint density at radius 3 is 2.56 bits per heavy atom. The summed E-state index contributed by atoms with van der Waals surface area (Å²) in [6.45, 7) is 7.44. The Kier molecular flexibility index (Phi) is 4.02. The second kappa shape index (κ2) is 5.22. The molecule has 0 bridgehead atoms. The highest BCUT2D eigenvalue weighted by Crippen LogP contribution is 2.40. The minimum Gasteiger partial charge on any atom is -0.507 e. The zero-order chi connectivity index (χ0) is 13.3. The summed E-state index contributed by atoms with van der Waals surface area (Å²) >= 11 is 3.57. The predicted octanol–water partition coefficient (Wildman–Crippen LogP) is 4.27. The van der Waals surface area contributed by atoms with Crippen LogP contribution in [-0.2, 0) is 5.41 Å². The number of hydrogen-bond acceptors (Lipinski definition) is 2. The van der Waals surface area contributed by atoms with E-state index in [1.807, 2.05) is 12.1 Å². The number of nitrogens with one attached hydrogen (secondary N) is 1. The van der Waals surface area contributed by atoms with E-state index >= 15 is 0 Å². The van der Waals surface area contributed by atoms with Crippen LogP contribution in [0.15, 0.2) is 16.6 Å². The summed E-state index contributed by atoms with van der Waals surface area (Å²) in [5, 5.41) is 14.0. The Hall–Kier alpha value is -0.540. The van der Waals surface area contributed by atoms with E-state index in [1.54, 1.807) is 0 Å². The summed E-state index contributed by atoms with van der Waals surface area (Å²) in [5.41, 5.74) is 2.00. The number of benzene rings is 1. The molecule has 0 saturated carbocycles. The molecule has 2 nitrogen and oxygen atoms in total. The Bertz CT molecular complexity index is 431. The fourth-order valence-electron chi connectivity index (χ4n) is 2.57. The predicted molar refractivity (Wildman–Crippen MR) is 79.1 cm³/mol. The molecule has 2 rings (SSSR count).